The van der Waals surface area contributed by atoms with Gasteiger partial charge in [-0.2, -0.15) is 0 Å². The first-order chi connectivity index (χ1) is 29.8. The second-order valence-corrected chi connectivity index (χ2v) is 17.3. The molecule has 62 heavy (non-hydrogen) atoms. The lowest BCUT2D eigenvalue weighted by Crippen LogP contribution is -2.55. The van der Waals surface area contributed by atoms with Crippen LogP contribution in [0.15, 0.2) is 53.7 Å². The molecule has 2 fully saturated rings. The molecule has 4 aliphatic heterocycles. The summed E-state index contributed by atoms with van der Waals surface area (Å²) in [6, 6.07) is 12.8. The van der Waals surface area contributed by atoms with Crippen molar-refractivity contribution < 1.29 is 38.1 Å². The summed E-state index contributed by atoms with van der Waals surface area (Å²) in [5, 5.41) is 7.62. The predicted molar refractivity (Wildman–Crippen MR) is 234 cm³/mol. The number of hydrogen-bond acceptors (Lipinski definition) is 10. The van der Waals surface area contributed by atoms with Crippen LogP contribution in [0.4, 0.5) is 15.3 Å². The number of carbonyl (C=O) groups excluding carboxylic acids is 4. The minimum absolute atomic E-state index is 0.0108. The number of nitrogens with zero attached hydrogens (tertiary/aromatic N) is 4. The van der Waals surface area contributed by atoms with Gasteiger partial charge in [-0.3, -0.25) is 14.6 Å². The number of aromatic amines is 1. The van der Waals surface area contributed by atoms with E-state index in [1.807, 2.05) is 18.7 Å². The molecule has 0 saturated carbocycles. The Balaban J connectivity index is 1.01. The van der Waals surface area contributed by atoms with E-state index in [1.54, 1.807) is 18.0 Å². The van der Waals surface area contributed by atoms with Crippen LogP contribution in [0.5, 0.6) is 5.75 Å². The number of hydrogen-bond donors (Lipinski definition) is 3. The highest BCUT2D eigenvalue weighted by molar-refractivity contribution is 6.06. The largest absolute Gasteiger partial charge is 0.488 e. The van der Waals surface area contributed by atoms with E-state index < -0.39 is 30.4 Å². The molecule has 4 aliphatic rings. The third-order valence-electron chi connectivity index (χ3n) is 13.4. The number of fused-ring (bicyclic) bond motifs is 6. The van der Waals surface area contributed by atoms with Gasteiger partial charge in [0.1, 0.15) is 30.3 Å². The number of benzene rings is 3. The van der Waals surface area contributed by atoms with E-state index in [0.29, 0.717) is 25.4 Å². The highest BCUT2D eigenvalue weighted by atomic mass is 16.5. The first-order valence-electron chi connectivity index (χ1n) is 21.7. The van der Waals surface area contributed by atoms with Gasteiger partial charge in [-0.25, -0.2) is 14.6 Å². The van der Waals surface area contributed by atoms with Crippen molar-refractivity contribution >= 4 is 46.2 Å². The number of ether oxygens (including phenoxy) is 4. The maximum atomic E-state index is 14.2. The quantitative estimate of drug-likeness (QED) is 0.141. The Morgan fingerprint density at radius 1 is 0.919 bits per heavy atom. The number of nitrogens with one attached hydrogen (secondary N) is 3. The van der Waals surface area contributed by atoms with Crippen molar-refractivity contribution in [2.45, 2.75) is 110 Å². The lowest BCUT2D eigenvalue weighted by Gasteiger charge is -2.34. The highest BCUT2D eigenvalue weighted by Crippen LogP contribution is 2.45. The first kappa shape index (κ1) is 42.7. The van der Waals surface area contributed by atoms with Crippen LogP contribution < -0.4 is 15.4 Å². The fourth-order valence-corrected chi connectivity index (χ4v) is 9.68. The van der Waals surface area contributed by atoms with Gasteiger partial charge < -0.3 is 44.4 Å². The van der Waals surface area contributed by atoms with Crippen LogP contribution in [-0.4, -0.2) is 108 Å². The Labute approximate surface area is 361 Å². The summed E-state index contributed by atoms with van der Waals surface area (Å²) in [6.07, 6.45) is 3.66. The molecule has 4 aromatic rings. The number of aromatic nitrogens is 2. The minimum atomic E-state index is -0.919. The Bertz CT molecular complexity index is 2430. The van der Waals surface area contributed by atoms with Crippen molar-refractivity contribution in [3.63, 3.8) is 0 Å². The van der Waals surface area contributed by atoms with Gasteiger partial charge in [-0.1, -0.05) is 45.4 Å². The summed E-state index contributed by atoms with van der Waals surface area (Å²) >= 11 is 0. The SMILES string of the molecule is CC[C@H](C)[C@H](NC(=O)OC)C(=O)N1[C@@H](C)CC[C@H]1C1=Nc2ccc3cc4c(cc3c2C1)OCc1cc(-c2cnc([C@@H]3C[C@H](C)CN3C(=O)[C@@H](NC(=O)OC)[C@@H](C)OC)[nH]2)ccc1-4. The van der Waals surface area contributed by atoms with Gasteiger partial charge in [0.15, 0.2) is 0 Å². The minimum Gasteiger partial charge on any atom is -0.488 e. The maximum Gasteiger partial charge on any atom is 0.407 e. The molecule has 3 N–H and O–H groups in total. The average molecular weight is 848 g/mol. The van der Waals surface area contributed by atoms with Gasteiger partial charge in [0.2, 0.25) is 11.8 Å². The van der Waals surface area contributed by atoms with Gasteiger partial charge in [-0.05, 0) is 102 Å². The topological polar surface area (TPSA) is 177 Å². The molecule has 3 aromatic carbocycles. The number of likely N-dealkylation sites (tertiary alicyclic amines) is 2. The van der Waals surface area contributed by atoms with E-state index >= 15 is 0 Å². The number of carbonyl (C=O) groups is 4. The fraction of sp³-hybridized carbons (Fsp3) is 0.489. The summed E-state index contributed by atoms with van der Waals surface area (Å²) < 4.78 is 21.6. The Morgan fingerprint density at radius 2 is 1.68 bits per heavy atom. The second-order valence-electron chi connectivity index (χ2n) is 17.3. The lowest BCUT2D eigenvalue weighted by atomic mass is 9.90. The number of amides is 4. The molecule has 5 heterocycles. The third kappa shape index (κ3) is 7.86. The van der Waals surface area contributed by atoms with Gasteiger partial charge in [0.25, 0.3) is 0 Å². The molecule has 15 heteroatoms. The van der Waals surface area contributed by atoms with Crippen molar-refractivity contribution in [1.82, 2.24) is 30.4 Å². The molecule has 0 bridgehead atoms. The molecule has 2 saturated heterocycles. The lowest BCUT2D eigenvalue weighted by molar-refractivity contribution is -0.138. The number of alkyl carbamates (subject to hydrolysis) is 2. The fourth-order valence-electron chi connectivity index (χ4n) is 9.68. The Kier molecular flexibility index (Phi) is 12.0. The van der Waals surface area contributed by atoms with Crippen LogP contribution in [0.2, 0.25) is 0 Å². The van der Waals surface area contributed by atoms with Crippen molar-refractivity contribution in [2.75, 3.05) is 27.9 Å². The van der Waals surface area contributed by atoms with Gasteiger partial charge in [0, 0.05) is 37.4 Å². The average Bonchev–Trinajstić information content (AvgIpc) is 4.11. The predicted octanol–water partition coefficient (Wildman–Crippen LogP) is 7.24. The molecule has 1 aromatic heterocycles. The van der Waals surface area contributed by atoms with Crippen LogP contribution >= 0.6 is 0 Å². The number of methoxy groups -OCH3 is 3. The molecule has 0 spiro atoms. The zero-order valence-corrected chi connectivity index (χ0v) is 36.7. The van der Waals surface area contributed by atoms with Crippen molar-refractivity contribution in [3.8, 4) is 28.1 Å². The molecule has 0 unspecified atom stereocenters. The number of H-pyrrole nitrogens is 1. The summed E-state index contributed by atoms with van der Waals surface area (Å²) in [5.74, 6) is 1.30. The van der Waals surface area contributed by atoms with Crippen LogP contribution in [0.3, 0.4) is 0 Å². The van der Waals surface area contributed by atoms with Gasteiger partial charge in [0.05, 0.1) is 50.0 Å². The van der Waals surface area contributed by atoms with Crippen LogP contribution in [0.1, 0.15) is 83.3 Å². The Hall–Kier alpha value is -5.96. The second kappa shape index (κ2) is 17.4. The molecule has 4 amide bonds. The monoisotopic (exact) mass is 847 g/mol. The third-order valence-corrected chi connectivity index (χ3v) is 13.4. The number of rotatable bonds is 11. The first-order valence-corrected chi connectivity index (χ1v) is 21.7. The molecular formula is C47H57N7O8. The molecule has 0 aliphatic carbocycles. The molecule has 8 atom stereocenters. The van der Waals surface area contributed by atoms with Crippen LogP contribution in [0.25, 0.3) is 33.2 Å². The van der Waals surface area contributed by atoms with Crippen molar-refractivity contribution in [2.24, 2.45) is 16.8 Å². The Morgan fingerprint density at radius 3 is 2.40 bits per heavy atom. The molecular weight excluding hydrogens is 791 g/mol. The van der Waals surface area contributed by atoms with Crippen molar-refractivity contribution in [3.05, 3.63) is 65.6 Å². The van der Waals surface area contributed by atoms with Crippen LogP contribution in [0, 0.1) is 11.8 Å². The summed E-state index contributed by atoms with van der Waals surface area (Å²) in [4.78, 5) is 69.6. The highest BCUT2D eigenvalue weighted by Gasteiger charge is 2.44. The summed E-state index contributed by atoms with van der Waals surface area (Å²) in [6.45, 7) is 10.8. The molecule has 8 rings (SSSR count). The smallest absolute Gasteiger partial charge is 0.407 e. The maximum absolute atomic E-state index is 14.2. The number of imidazole rings is 1. The molecule has 328 valence electrons. The van der Waals surface area contributed by atoms with Crippen LogP contribution in [-0.2, 0) is 36.8 Å². The van der Waals surface area contributed by atoms with E-state index in [-0.39, 0.29) is 41.8 Å². The molecule has 0 radical (unpaired) electrons. The zero-order chi connectivity index (χ0) is 44.0. The van der Waals surface area contributed by atoms with E-state index in [2.05, 4.69) is 71.9 Å². The zero-order valence-electron chi connectivity index (χ0n) is 36.7. The standard InChI is InChI=1S/C47H57N7O8/c1-9-25(3)41(51-46(57)60-7)45(56)54-26(4)10-15-38(54)36-19-33-32-20-40-34(18-28(32)12-14-35(33)49-36)31-13-11-29(17-30(31)23-62-40)37-21-48-43(50-37)39-16-24(2)22-53(39)44(55)42(27(5)59-6)52-47(58)61-8/h11-14,17-18,20-21,24-27,38-39,41-42H,9-10,15-16,19,22-23H2,1-8H3,(H,48,50)(H,51,57)(H,52,58)/t24-,25-,26-,27+,38-,39-,41-,42-/m0/s1. The van der Waals surface area contributed by atoms with Gasteiger partial charge in [-0.15, -0.1) is 0 Å². The summed E-state index contributed by atoms with van der Waals surface area (Å²) in [5.41, 5.74) is 7.93. The van der Waals surface area contributed by atoms with Crippen molar-refractivity contribution in [1.29, 1.82) is 0 Å². The van der Waals surface area contributed by atoms with Gasteiger partial charge >= 0.3 is 12.2 Å². The van der Waals surface area contributed by atoms with E-state index in [1.165, 1.54) is 21.3 Å². The molecule has 15 nitrogen and oxygen atoms in total. The number of aliphatic imine (C=N–C) groups is 1. The van der Waals surface area contributed by atoms with E-state index in [9.17, 15) is 19.2 Å². The van der Waals surface area contributed by atoms with E-state index in [0.717, 1.165) is 87.1 Å². The summed E-state index contributed by atoms with van der Waals surface area (Å²) in [7, 11) is 4.08. The normalized spacial score (nSPS) is 22.1. The van der Waals surface area contributed by atoms with E-state index in [4.69, 9.17) is 28.9 Å².